The Bertz CT molecular complexity index is 401. The van der Waals surface area contributed by atoms with Crippen molar-refractivity contribution in [3.8, 4) is 0 Å². The minimum atomic E-state index is 0.0608. The zero-order chi connectivity index (χ0) is 14.0. The van der Waals surface area contributed by atoms with Crippen LogP contribution in [0.2, 0.25) is 0 Å². The van der Waals surface area contributed by atoms with Gasteiger partial charge in [0.25, 0.3) is 0 Å². The normalized spacial score (nSPS) is 29.3. The smallest absolute Gasteiger partial charge is 0.0572 e. The maximum absolute atomic E-state index is 6.02. The molecule has 1 fully saturated rings. The Morgan fingerprint density at radius 2 is 2.11 bits per heavy atom. The molecule has 106 valence electrons. The number of piperidine rings is 1. The summed E-state index contributed by atoms with van der Waals surface area (Å²) < 4.78 is 0. The van der Waals surface area contributed by atoms with E-state index in [-0.39, 0.29) is 6.04 Å². The molecule has 2 N–H and O–H groups in total. The number of hydrogen-bond acceptors (Lipinski definition) is 3. The molecule has 0 aliphatic carbocycles. The standard InChI is InChI=1S/C16H27N3/c1-5-15(17)16-7-6-14(9-18-16)19-10-11(2)8-12(3)13(19)4/h6-7,9,11-13,15H,5,8,10,17H2,1-4H3. The van der Waals surface area contributed by atoms with E-state index in [0.29, 0.717) is 6.04 Å². The van der Waals surface area contributed by atoms with Gasteiger partial charge < -0.3 is 10.6 Å². The van der Waals surface area contributed by atoms with Crippen molar-refractivity contribution < 1.29 is 0 Å². The van der Waals surface area contributed by atoms with Gasteiger partial charge in [0.1, 0.15) is 0 Å². The molecule has 2 heterocycles. The highest BCUT2D eigenvalue weighted by Crippen LogP contribution is 2.31. The third-order valence-corrected chi connectivity index (χ3v) is 4.52. The van der Waals surface area contributed by atoms with Crippen LogP contribution in [0.4, 0.5) is 5.69 Å². The zero-order valence-corrected chi connectivity index (χ0v) is 12.6. The molecule has 2 rings (SSSR count). The van der Waals surface area contributed by atoms with Crippen LogP contribution >= 0.6 is 0 Å². The molecule has 4 unspecified atom stereocenters. The van der Waals surface area contributed by atoms with Crippen LogP contribution in [0.3, 0.4) is 0 Å². The SMILES string of the molecule is CCC(N)c1ccc(N2CC(C)CC(C)C2C)cn1. The molecule has 4 atom stereocenters. The van der Waals surface area contributed by atoms with Crippen LogP contribution in [0.15, 0.2) is 18.3 Å². The second kappa shape index (κ2) is 5.91. The summed E-state index contributed by atoms with van der Waals surface area (Å²) in [6.45, 7) is 10.2. The number of pyridine rings is 1. The number of aromatic nitrogens is 1. The van der Waals surface area contributed by atoms with Gasteiger partial charge in [0.2, 0.25) is 0 Å². The molecule has 0 radical (unpaired) electrons. The number of nitrogens with two attached hydrogens (primary N) is 1. The fourth-order valence-electron chi connectivity index (χ4n) is 3.05. The van der Waals surface area contributed by atoms with E-state index in [0.717, 1.165) is 30.5 Å². The molecule has 3 nitrogen and oxygen atoms in total. The number of hydrogen-bond donors (Lipinski definition) is 1. The quantitative estimate of drug-likeness (QED) is 0.907. The monoisotopic (exact) mass is 261 g/mol. The van der Waals surface area contributed by atoms with Crippen LogP contribution in [0.25, 0.3) is 0 Å². The van der Waals surface area contributed by atoms with E-state index < -0.39 is 0 Å². The summed E-state index contributed by atoms with van der Waals surface area (Å²) >= 11 is 0. The van der Waals surface area contributed by atoms with Gasteiger partial charge in [-0.15, -0.1) is 0 Å². The Morgan fingerprint density at radius 3 is 2.68 bits per heavy atom. The summed E-state index contributed by atoms with van der Waals surface area (Å²) in [4.78, 5) is 7.04. The maximum atomic E-state index is 6.02. The Balaban J connectivity index is 2.16. The van der Waals surface area contributed by atoms with Crippen molar-refractivity contribution in [2.45, 2.75) is 52.6 Å². The molecule has 0 amide bonds. The summed E-state index contributed by atoms with van der Waals surface area (Å²) in [7, 11) is 0. The molecule has 19 heavy (non-hydrogen) atoms. The van der Waals surface area contributed by atoms with E-state index >= 15 is 0 Å². The van der Waals surface area contributed by atoms with Gasteiger partial charge in [-0.2, -0.15) is 0 Å². The molecule has 0 aromatic carbocycles. The van der Waals surface area contributed by atoms with Crippen LogP contribution in [0.1, 0.15) is 52.3 Å². The fraction of sp³-hybridized carbons (Fsp3) is 0.688. The first-order chi connectivity index (χ1) is 9.02. The van der Waals surface area contributed by atoms with Crippen molar-refractivity contribution >= 4 is 5.69 Å². The first-order valence-corrected chi connectivity index (χ1v) is 7.51. The van der Waals surface area contributed by atoms with Crippen LogP contribution < -0.4 is 10.6 Å². The largest absolute Gasteiger partial charge is 0.367 e. The summed E-state index contributed by atoms with van der Waals surface area (Å²) in [5, 5.41) is 0. The number of nitrogens with zero attached hydrogens (tertiary/aromatic N) is 2. The van der Waals surface area contributed by atoms with Gasteiger partial charge in [-0.25, -0.2) is 0 Å². The van der Waals surface area contributed by atoms with E-state index in [1.54, 1.807) is 0 Å². The topological polar surface area (TPSA) is 42.1 Å². The molecular weight excluding hydrogens is 234 g/mol. The van der Waals surface area contributed by atoms with E-state index in [2.05, 4.69) is 49.7 Å². The van der Waals surface area contributed by atoms with Gasteiger partial charge in [0, 0.05) is 18.6 Å². The van der Waals surface area contributed by atoms with Crippen LogP contribution in [0, 0.1) is 11.8 Å². The summed E-state index contributed by atoms with van der Waals surface area (Å²) in [6.07, 6.45) is 4.25. The summed E-state index contributed by atoms with van der Waals surface area (Å²) in [5.41, 5.74) is 8.25. The Hall–Kier alpha value is -1.09. The summed E-state index contributed by atoms with van der Waals surface area (Å²) in [5.74, 6) is 1.49. The van der Waals surface area contributed by atoms with Crippen molar-refractivity contribution in [3.63, 3.8) is 0 Å². The van der Waals surface area contributed by atoms with E-state index in [4.69, 9.17) is 5.73 Å². The molecular formula is C16H27N3. The summed E-state index contributed by atoms with van der Waals surface area (Å²) in [6, 6.07) is 4.91. The third-order valence-electron chi connectivity index (χ3n) is 4.52. The Labute approximate surface area is 117 Å². The lowest BCUT2D eigenvalue weighted by molar-refractivity contribution is 0.297. The van der Waals surface area contributed by atoms with Crippen LogP contribution in [0.5, 0.6) is 0 Å². The molecule has 0 bridgehead atoms. The number of anilines is 1. The second-order valence-corrected chi connectivity index (χ2v) is 6.17. The van der Waals surface area contributed by atoms with Crippen molar-refractivity contribution in [3.05, 3.63) is 24.0 Å². The Kier molecular flexibility index (Phi) is 4.46. The molecule has 0 spiro atoms. The third kappa shape index (κ3) is 3.08. The van der Waals surface area contributed by atoms with Gasteiger partial charge in [-0.1, -0.05) is 20.8 Å². The molecule has 1 aliphatic rings. The predicted molar refractivity (Wildman–Crippen MR) is 81.2 cm³/mol. The average molecular weight is 261 g/mol. The van der Waals surface area contributed by atoms with Crippen LogP contribution in [-0.4, -0.2) is 17.6 Å². The minimum absolute atomic E-state index is 0.0608. The molecule has 0 saturated carbocycles. The molecule has 1 aromatic rings. The van der Waals surface area contributed by atoms with E-state index in [9.17, 15) is 0 Å². The van der Waals surface area contributed by atoms with Gasteiger partial charge in [0.15, 0.2) is 0 Å². The average Bonchev–Trinajstić information content (AvgIpc) is 2.42. The fourth-order valence-corrected chi connectivity index (χ4v) is 3.05. The van der Waals surface area contributed by atoms with Crippen molar-refractivity contribution in [1.29, 1.82) is 0 Å². The predicted octanol–water partition coefficient (Wildman–Crippen LogP) is 3.36. The van der Waals surface area contributed by atoms with Gasteiger partial charge in [-0.3, -0.25) is 4.98 Å². The number of rotatable bonds is 3. The highest BCUT2D eigenvalue weighted by Gasteiger charge is 2.28. The van der Waals surface area contributed by atoms with E-state index in [1.165, 1.54) is 12.1 Å². The first kappa shape index (κ1) is 14.3. The van der Waals surface area contributed by atoms with Crippen molar-refractivity contribution in [2.75, 3.05) is 11.4 Å². The molecule has 1 aromatic heterocycles. The lowest BCUT2D eigenvalue weighted by atomic mass is 9.86. The highest BCUT2D eigenvalue weighted by molar-refractivity contribution is 5.46. The second-order valence-electron chi connectivity index (χ2n) is 6.17. The van der Waals surface area contributed by atoms with Crippen molar-refractivity contribution in [2.24, 2.45) is 17.6 Å². The molecule has 1 aliphatic heterocycles. The van der Waals surface area contributed by atoms with Gasteiger partial charge in [-0.05, 0) is 43.7 Å². The lowest BCUT2D eigenvalue weighted by Crippen LogP contribution is -2.45. The molecule has 3 heteroatoms. The first-order valence-electron chi connectivity index (χ1n) is 7.51. The van der Waals surface area contributed by atoms with E-state index in [1.807, 2.05) is 6.20 Å². The Morgan fingerprint density at radius 1 is 1.37 bits per heavy atom. The van der Waals surface area contributed by atoms with Crippen molar-refractivity contribution in [1.82, 2.24) is 4.98 Å². The van der Waals surface area contributed by atoms with Crippen LogP contribution in [-0.2, 0) is 0 Å². The van der Waals surface area contributed by atoms with Gasteiger partial charge in [0.05, 0.1) is 17.6 Å². The minimum Gasteiger partial charge on any atom is -0.367 e. The maximum Gasteiger partial charge on any atom is 0.0572 e. The molecule has 1 saturated heterocycles. The van der Waals surface area contributed by atoms with Gasteiger partial charge >= 0.3 is 0 Å². The lowest BCUT2D eigenvalue weighted by Gasteiger charge is -2.42. The highest BCUT2D eigenvalue weighted by atomic mass is 15.2. The zero-order valence-electron chi connectivity index (χ0n) is 12.6.